The Morgan fingerprint density at radius 1 is 1.12 bits per heavy atom. The SMILES string of the molecule is COCCCN(C(=O)CNc1cccc(C)c1C)c1c(N)n(Cc2ccccc2)c(=O)[nH]c1=O. The van der Waals surface area contributed by atoms with E-state index in [4.69, 9.17) is 10.5 Å². The van der Waals surface area contributed by atoms with Gasteiger partial charge in [0.05, 0.1) is 13.1 Å². The Morgan fingerprint density at radius 3 is 2.56 bits per heavy atom. The Balaban J connectivity index is 1.95. The van der Waals surface area contributed by atoms with Gasteiger partial charge in [-0.05, 0) is 43.0 Å². The van der Waals surface area contributed by atoms with Crippen molar-refractivity contribution >= 4 is 23.1 Å². The number of nitrogens with two attached hydrogens (primary N) is 1. The van der Waals surface area contributed by atoms with Gasteiger partial charge in [0, 0.05) is 25.9 Å². The number of benzene rings is 2. The number of aromatic amines is 1. The first-order chi connectivity index (χ1) is 16.3. The van der Waals surface area contributed by atoms with Crippen molar-refractivity contribution in [2.24, 2.45) is 0 Å². The van der Waals surface area contributed by atoms with Crippen molar-refractivity contribution in [3.8, 4) is 0 Å². The Hall–Kier alpha value is -3.85. The van der Waals surface area contributed by atoms with Crippen LogP contribution < -0.4 is 27.2 Å². The summed E-state index contributed by atoms with van der Waals surface area (Å²) in [5.74, 6) is -0.408. The summed E-state index contributed by atoms with van der Waals surface area (Å²) in [5, 5.41) is 3.15. The molecule has 1 amide bonds. The van der Waals surface area contributed by atoms with Crippen LogP contribution in [0.3, 0.4) is 0 Å². The smallest absolute Gasteiger partial charge is 0.330 e. The number of methoxy groups -OCH3 is 1. The highest BCUT2D eigenvalue weighted by atomic mass is 16.5. The molecule has 180 valence electrons. The van der Waals surface area contributed by atoms with Crippen LogP contribution >= 0.6 is 0 Å². The molecule has 0 saturated carbocycles. The summed E-state index contributed by atoms with van der Waals surface area (Å²) < 4.78 is 6.39. The Bertz CT molecular complexity index is 1250. The molecule has 0 aliphatic carbocycles. The number of nitrogens with one attached hydrogen (secondary N) is 2. The molecule has 3 aromatic rings. The third-order valence-electron chi connectivity index (χ3n) is 5.73. The van der Waals surface area contributed by atoms with Gasteiger partial charge in [0.15, 0.2) is 5.69 Å². The van der Waals surface area contributed by atoms with E-state index in [1.54, 1.807) is 7.11 Å². The molecular weight excluding hydrogens is 434 g/mol. The van der Waals surface area contributed by atoms with E-state index in [0.29, 0.717) is 13.0 Å². The number of hydrogen-bond acceptors (Lipinski definition) is 6. The highest BCUT2D eigenvalue weighted by molar-refractivity contribution is 5.98. The highest BCUT2D eigenvalue weighted by Crippen LogP contribution is 2.20. The minimum absolute atomic E-state index is 0.0422. The van der Waals surface area contributed by atoms with Gasteiger partial charge in [-0.3, -0.25) is 19.1 Å². The molecule has 1 heterocycles. The van der Waals surface area contributed by atoms with Gasteiger partial charge < -0.3 is 20.7 Å². The van der Waals surface area contributed by atoms with Crippen molar-refractivity contribution in [2.45, 2.75) is 26.8 Å². The maximum absolute atomic E-state index is 13.3. The summed E-state index contributed by atoms with van der Waals surface area (Å²) >= 11 is 0. The molecule has 0 aliphatic rings. The van der Waals surface area contributed by atoms with E-state index in [-0.39, 0.29) is 37.0 Å². The summed E-state index contributed by atoms with van der Waals surface area (Å²) in [4.78, 5) is 42.3. The van der Waals surface area contributed by atoms with Crippen molar-refractivity contribution in [3.05, 3.63) is 86.1 Å². The van der Waals surface area contributed by atoms with Gasteiger partial charge in [0.1, 0.15) is 5.82 Å². The maximum atomic E-state index is 13.3. The number of aromatic nitrogens is 2. The Labute approximate surface area is 198 Å². The molecule has 0 atom stereocenters. The first-order valence-electron chi connectivity index (χ1n) is 11.1. The third-order valence-corrected chi connectivity index (χ3v) is 5.73. The zero-order valence-electron chi connectivity index (χ0n) is 19.8. The predicted octanol–water partition coefficient (Wildman–Crippen LogP) is 2.27. The topological polar surface area (TPSA) is 122 Å². The van der Waals surface area contributed by atoms with Crippen LogP contribution in [0.4, 0.5) is 17.2 Å². The summed E-state index contributed by atoms with van der Waals surface area (Å²) in [6, 6.07) is 15.1. The number of anilines is 3. The van der Waals surface area contributed by atoms with Crippen LogP contribution in [0.5, 0.6) is 0 Å². The molecule has 0 aliphatic heterocycles. The fourth-order valence-electron chi connectivity index (χ4n) is 3.70. The molecule has 3 rings (SSSR count). The first-order valence-corrected chi connectivity index (χ1v) is 11.1. The van der Waals surface area contributed by atoms with Crippen molar-refractivity contribution in [1.82, 2.24) is 9.55 Å². The van der Waals surface area contributed by atoms with Crippen LogP contribution in [0.2, 0.25) is 0 Å². The number of nitrogens with zero attached hydrogens (tertiary/aromatic N) is 2. The van der Waals surface area contributed by atoms with Crippen LogP contribution in [0.25, 0.3) is 0 Å². The lowest BCUT2D eigenvalue weighted by molar-refractivity contribution is -0.117. The molecule has 2 aromatic carbocycles. The van der Waals surface area contributed by atoms with Crippen molar-refractivity contribution in [2.75, 3.05) is 42.8 Å². The van der Waals surface area contributed by atoms with E-state index in [1.165, 1.54) is 9.47 Å². The van der Waals surface area contributed by atoms with Crippen LogP contribution in [-0.4, -0.2) is 42.3 Å². The highest BCUT2D eigenvalue weighted by Gasteiger charge is 2.24. The minimum atomic E-state index is -0.704. The van der Waals surface area contributed by atoms with Gasteiger partial charge >= 0.3 is 5.69 Å². The fraction of sp³-hybridized carbons (Fsp3) is 0.320. The molecule has 0 spiro atoms. The number of ether oxygens (including phenoxy) is 1. The van der Waals surface area contributed by atoms with E-state index in [2.05, 4.69) is 10.3 Å². The third kappa shape index (κ3) is 5.74. The van der Waals surface area contributed by atoms with Crippen LogP contribution in [-0.2, 0) is 16.1 Å². The normalized spacial score (nSPS) is 10.8. The molecule has 9 nitrogen and oxygen atoms in total. The first kappa shape index (κ1) is 24.8. The van der Waals surface area contributed by atoms with Crippen molar-refractivity contribution in [1.29, 1.82) is 0 Å². The summed E-state index contributed by atoms with van der Waals surface area (Å²) in [6.07, 6.45) is 0.488. The lowest BCUT2D eigenvalue weighted by Gasteiger charge is -2.25. The van der Waals surface area contributed by atoms with Gasteiger partial charge in [-0.25, -0.2) is 4.79 Å². The van der Waals surface area contributed by atoms with E-state index in [0.717, 1.165) is 22.4 Å². The second kappa shape index (κ2) is 11.3. The molecule has 0 unspecified atom stereocenters. The van der Waals surface area contributed by atoms with Gasteiger partial charge in [-0.15, -0.1) is 0 Å². The molecule has 9 heteroatoms. The fourth-order valence-corrected chi connectivity index (χ4v) is 3.70. The van der Waals surface area contributed by atoms with Gasteiger partial charge in [-0.1, -0.05) is 42.5 Å². The van der Waals surface area contributed by atoms with Gasteiger partial charge in [0.2, 0.25) is 5.91 Å². The number of carbonyl (C=O) groups excluding carboxylic acids is 1. The standard InChI is InChI=1S/C25H31N5O4/c1-17-9-7-12-20(18(17)2)27-15-21(31)29(13-8-14-34-3)22-23(26)30(25(33)28-24(22)32)16-19-10-5-4-6-11-19/h4-7,9-12,27H,8,13-16,26H2,1-3H3,(H,28,32,33). The number of carbonyl (C=O) groups is 1. The molecule has 1 aromatic heterocycles. The summed E-state index contributed by atoms with van der Waals surface area (Å²) in [5.41, 5.74) is 8.75. The molecule has 0 radical (unpaired) electrons. The number of aryl methyl sites for hydroxylation is 1. The second-order valence-electron chi connectivity index (χ2n) is 8.06. The molecular formula is C25H31N5O4. The largest absolute Gasteiger partial charge is 0.385 e. The molecule has 0 bridgehead atoms. The summed E-state index contributed by atoms with van der Waals surface area (Å²) in [6.45, 7) is 4.69. The Morgan fingerprint density at radius 2 is 1.85 bits per heavy atom. The monoisotopic (exact) mass is 465 g/mol. The average molecular weight is 466 g/mol. The second-order valence-corrected chi connectivity index (χ2v) is 8.06. The zero-order chi connectivity index (χ0) is 24.7. The summed E-state index contributed by atoms with van der Waals surface area (Å²) in [7, 11) is 1.56. The molecule has 34 heavy (non-hydrogen) atoms. The van der Waals surface area contributed by atoms with E-state index < -0.39 is 11.2 Å². The van der Waals surface area contributed by atoms with Crippen LogP contribution in [0.15, 0.2) is 58.1 Å². The lowest BCUT2D eigenvalue weighted by atomic mass is 10.1. The average Bonchev–Trinajstić information content (AvgIpc) is 2.82. The molecule has 4 N–H and O–H groups in total. The van der Waals surface area contributed by atoms with E-state index >= 15 is 0 Å². The van der Waals surface area contributed by atoms with E-state index in [9.17, 15) is 14.4 Å². The van der Waals surface area contributed by atoms with Crippen molar-refractivity contribution < 1.29 is 9.53 Å². The molecule has 0 saturated heterocycles. The number of rotatable bonds is 10. The lowest BCUT2D eigenvalue weighted by Crippen LogP contribution is -2.44. The number of hydrogen-bond donors (Lipinski definition) is 3. The maximum Gasteiger partial charge on any atom is 0.330 e. The van der Waals surface area contributed by atoms with Gasteiger partial charge in [-0.2, -0.15) is 0 Å². The molecule has 0 fully saturated rings. The Kier molecular flexibility index (Phi) is 8.26. The van der Waals surface area contributed by atoms with Crippen LogP contribution in [0.1, 0.15) is 23.1 Å². The van der Waals surface area contributed by atoms with Crippen molar-refractivity contribution in [3.63, 3.8) is 0 Å². The minimum Gasteiger partial charge on any atom is -0.385 e. The zero-order valence-corrected chi connectivity index (χ0v) is 19.8. The quantitative estimate of drug-likeness (QED) is 0.395. The van der Waals surface area contributed by atoms with E-state index in [1.807, 2.05) is 62.4 Å². The number of nitrogen functional groups attached to an aromatic ring is 1. The predicted molar refractivity (Wildman–Crippen MR) is 135 cm³/mol. The van der Waals surface area contributed by atoms with Crippen LogP contribution in [0, 0.1) is 13.8 Å². The van der Waals surface area contributed by atoms with Gasteiger partial charge in [0.25, 0.3) is 5.56 Å². The number of amides is 1. The number of H-pyrrole nitrogens is 1.